The highest BCUT2D eigenvalue weighted by Gasteiger charge is 2.15. The van der Waals surface area contributed by atoms with Crippen LogP contribution in [0.3, 0.4) is 0 Å². The topological polar surface area (TPSA) is 51.2 Å². The van der Waals surface area contributed by atoms with Crippen LogP contribution < -0.4 is 10.1 Å². The van der Waals surface area contributed by atoms with E-state index in [1.807, 2.05) is 29.6 Å². The predicted octanol–water partition coefficient (Wildman–Crippen LogP) is 5.17. The van der Waals surface area contributed by atoms with E-state index in [-0.39, 0.29) is 18.2 Å². The molecule has 1 aromatic heterocycles. The number of anilines is 1. The van der Waals surface area contributed by atoms with Crippen LogP contribution in [0.5, 0.6) is 5.75 Å². The van der Waals surface area contributed by atoms with Crippen molar-refractivity contribution in [2.75, 3.05) is 5.32 Å². The van der Waals surface area contributed by atoms with Crippen molar-refractivity contribution in [1.29, 1.82) is 0 Å². The first-order chi connectivity index (χ1) is 13.6. The molecule has 0 aliphatic rings. The maximum absolute atomic E-state index is 12.3. The first kappa shape index (κ1) is 19.7. The second kappa shape index (κ2) is 9.72. The average molecular weight is 391 g/mol. The Kier molecular flexibility index (Phi) is 6.83. The summed E-state index contributed by atoms with van der Waals surface area (Å²) in [5, 5.41) is 5.24. The highest BCUT2D eigenvalue weighted by molar-refractivity contribution is 7.13. The summed E-state index contributed by atoms with van der Waals surface area (Å²) in [4.78, 5) is 16.4. The maximum Gasteiger partial charge on any atom is 0.227 e. The summed E-state index contributed by atoms with van der Waals surface area (Å²) in [5.74, 6) is 6.57. The quantitative estimate of drug-likeness (QED) is 0.567. The molecule has 3 rings (SSSR count). The van der Waals surface area contributed by atoms with Gasteiger partial charge in [-0.1, -0.05) is 47.9 Å². The van der Waals surface area contributed by atoms with Gasteiger partial charge in [-0.25, -0.2) is 4.98 Å². The fraction of sp³-hybridized carbons (Fsp3) is 0.217. The number of benzene rings is 2. The molecule has 0 spiro atoms. The van der Waals surface area contributed by atoms with Crippen LogP contribution in [0.1, 0.15) is 36.0 Å². The number of rotatable bonds is 7. The van der Waals surface area contributed by atoms with Crippen molar-refractivity contribution in [2.24, 2.45) is 0 Å². The van der Waals surface area contributed by atoms with Gasteiger partial charge in [0.1, 0.15) is 12.4 Å². The Morgan fingerprint density at radius 1 is 1.18 bits per heavy atom. The lowest BCUT2D eigenvalue weighted by Gasteiger charge is -2.12. The van der Waals surface area contributed by atoms with Gasteiger partial charge in [-0.05, 0) is 37.1 Å². The van der Waals surface area contributed by atoms with Crippen molar-refractivity contribution in [2.45, 2.75) is 32.8 Å². The molecule has 5 heteroatoms. The second-order valence-corrected chi connectivity index (χ2v) is 7.27. The van der Waals surface area contributed by atoms with Crippen LogP contribution in [0.25, 0.3) is 0 Å². The lowest BCUT2D eigenvalue weighted by Crippen LogP contribution is -2.15. The summed E-state index contributed by atoms with van der Waals surface area (Å²) in [6.45, 7) is 4.37. The Labute approximate surface area is 169 Å². The number of ether oxygens (including phenoxy) is 1. The second-order valence-electron chi connectivity index (χ2n) is 6.38. The van der Waals surface area contributed by atoms with Crippen LogP contribution in [0.2, 0.25) is 0 Å². The lowest BCUT2D eigenvalue weighted by atomic mass is 9.96. The zero-order chi connectivity index (χ0) is 19.8. The summed E-state index contributed by atoms with van der Waals surface area (Å²) < 4.78 is 5.86. The molecule has 0 saturated heterocycles. The fourth-order valence-corrected chi connectivity index (χ4v) is 3.26. The summed E-state index contributed by atoms with van der Waals surface area (Å²) in [6, 6.07) is 16.1. The Balaban J connectivity index is 1.60. The standard InChI is InChI=1S/C23H22N2O2S/c1-3-4-20(15-22(26)25-23-24-13-14-28-23)19-9-11-21(12-10-19)27-16-18-7-5-17(2)6-8-18/h5-14,20H,15-16H2,1-2H3,(H,24,25,26). The molecule has 142 valence electrons. The number of nitrogens with zero attached hydrogens (tertiary/aromatic N) is 1. The van der Waals surface area contributed by atoms with Crippen LogP contribution in [-0.2, 0) is 11.4 Å². The first-order valence-corrected chi connectivity index (χ1v) is 9.92. The van der Waals surface area contributed by atoms with Crippen molar-refractivity contribution in [3.05, 3.63) is 76.8 Å². The third-order valence-electron chi connectivity index (χ3n) is 4.20. The number of carbonyl (C=O) groups excluding carboxylic acids is 1. The number of hydrogen-bond donors (Lipinski definition) is 1. The molecule has 0 fully saturated rings. The molecule has 4 nitrogen and oxygen atoms in total. The van der Waals surface area contributed by atoms with Crippen molar-refractivity contribution < 1.29 is 9.53 Å². The van der Waals surface area contributed by atoms with E-state index in [2.05, 4.69) is 53.3 Å². The predicted molar refractivity (Wildman–Crippen MR) is 114 cm³/mol. The molecule has 2 aromatic carbocycles. The van der Waals surface area contributed by atoms with Crippen molar-refractivity contribution in [1.82, 2.24) is 4.98 Å². The van der Waals surface area contributed by atoms with Gasteiger partial charge in [-0.15, -0.1) is 17.3 Å². The van der Waals surface area contributed by atoms with E-state index in [1.165, 1.54) is 16.9 Å². The van der Waals surface area contributed by atoms with Gasteiger partial charge < -0.3 is 10.1 Å². The molecule has 28 heavy (non-hydrogen) atoms. The summed E-state index contributed by atoms with van der Waals surface area (Å²) in [7, 11) is 0. The Morgan fingerprint density at radius 2 is 1.93 bits per heavy atom. The number of amides is 1. The molecule has 3 aromatic rings. The molecular formula is C23H22N2O2S. The zero-order valence-electron chi connectivity index (χ0n) is 15.9. The van der Waals surface area contributed by atoms with Gasteiger partial charge in [0.2, 0.25) is 5.91 Å². The molecule has 0 bridgehead atoms. The van der Waals surface area contributed by atoms with Crippen LogP contribution in [-0.4, -0.2) is 10.9 Å². The lowest BCUT2D eigenvalue weighted by molar-refractivity contribution is -0.116. The first-order valence-electron chi connectivity index (χ1n) is 9.04. The van der Waals surface area contributed by atoms with Crippen LogP contribution >= 0.6 is 11.3 Å². The highest BCUT2D eigenvalue weighted by atomic mass is 32.1. The molecule has 1 atom stereocenters. The molecule has 1 unspecified atom stereocenters. The minimum Gasteiger partial charge on any atom is -0.489 e. The van der Waals surface area contributed by atoms with Crippen LogP contribution in [0.4, 0.5) is 5.13 Å². The van der Waals surface area contributed by atoms with E-state index in [1.54, 1.807) is 13.1 Å². The Morgan fingerprint density at radius 3 is 2.57 bits per heavy atom. The average Bonchev–Trinajstić information content (AvgIpc) is 3.20. The van der Waals surface area contributed by atoms with Gasteiger partial charge in [0.05, 0.1) is 5.92 Å². The van der Waals surface area contributed by atoms with Gasteiger partial charge in [-0.3, -0.25) is 4.79 Å². The summed E-state index contributed by atoms with van der Waals surface area (Å²) in [5.41, 5.74) is 3.35. The van der Waals surface area contributed by atoms with Gasteiger partial charge in [0, 0.05) is 18.0 Å². The van der Waals surface area contributed by atoms with Crippen LogP contribution in [0, 0.1) is 18.8 Å². The third kappa shape index (κ3) is 5.70. The minimum absolute atomic E-state index is 0.0950. The van der Waals surface area contributed by atoms with Gasteiger partial charge in [0.25, 0.3) is 0 Å². The summed E-state index contributed by atoms with van der Waals surface area (Å²) in [6.07, 6.45) is 1.95. The SMILES string of the molecule is CC#CC(CC(=O)Nc1nccs1)c1ccc(OCc2ccc(C)cc2)cc1. The normalized spacial score (nSPS) is 11.2. The van der Waals surface area contributed by atoms with E-state index >= 15 is 0 Å². The van der Waals surface area contributed by atoms with E-state index in [0.29, 0.717) is 11.7 Å². The summed E-state index contributed by atoms with van der Waals surface area (Å²) >= 11 is 1.40. The van der Waals surface area contributed by atoms with Crippen LogP contribution in [0.15, 0.2) is 60.1 Å². The molecule has 0 aliphatic heterocycles. The molecule has 1 N–H and O–H groups in total. The van der Waals surface area contributed by atoms with E-state index in [4.69, 9.17) is 4.74 Å². The number of aryl methyl sites for hydroxylation is 1. The highest BCUT2D eigenvalue weighted by Crippen LogP contribution is 2.23. The Bertz CT molecular complexity index is 953. The van der Waals surface area contributed by atoms with E-state index < -0.39 is 0 Å². The number of thiazole rings is 1. The zero-order valence-corrected chi connectivity index (χ0v) is 16.8. The smallest absolute Gasteiger partial charge is 0.227 e. The van der Waals surface area contributed by atoms with E-state index in [0.717, 1.165) is 16.9 Å². The van der Waals surface area contributed by atoms with Crippen molar-refractivity contribution in [3.8, 4) is 17.6 Å². The Hall–Kier alpha value is -3.10. The van der Waals surface area contributed by atoms with Crippen molar-refractivity contribution >= 4 is 22.4 Å². The molecular weight excluding hydrogens is 368 g/mol. The fourth-order valence-electron chi connectivity index (χ4n) is 2.71. The van der Waals surface area contributed by atoms with Gasteiger partial charge in [-0.2, -0.15) is 0 Å². The number of carbonyl (C=O) groups is 1. The molecule has 0 saturated carbocycles. The number of nitrogens with one attached hydrogen (secondary N) is 1. The monoisotopic (exact) mass is 390 g/mol. The molecule has 1 amide bonds. The number of hydrogen-bond acceptors (Lipinski definition) is 4. The largest absolute Gasteiger partial charge is 0.489 e. The molecule has 1 heterocycles. The minimum atomic E-state index is -0.170. The van der Waals surface area contributed by atoms with Gasteiger partial charge >= 0.3 is 0 Å². The maximum atomic E-state index is 12.3. The van der Waals surface area contributed by atoms with E-state index in [9.17, 15) is 4.79 Å². The number of aromatic nitrogens is 1. The molecule has 0 aliphatic carbocycles. The van der Waals surface area contributed by atoms with Crippen molar-refractivity contribution in [3.63, 3.8) is 0 Å². The van der Waals surface area contributed by atoms with Gasteiger partial charge in [0.15, 0.2) is 5.13 Å². The third-order valence-corrected chi connectivity index (χ3v) is 4.88. The molecule has 0 radical (unpaired) electrons.